The maximum absolute atomic E-state index is 12.2. The number of rotatable bonds is 5. The Morgan fingerprint density at radius 2 is 1.65 bits per heavy atom. The molecule has 20 heavy (non-hydrogen) atoms. The van der Waals surface area contributed by atoms with Crippen LogP contribution in [0.1, 0.15) is 15.9 Å². The summed E-state index contributed by atoms with van der Waals surface area (Å²) in [5.41, 5.74) is 1.60. The summed E-state index contributed by atoms with van der Waals surface area (Å²) in [6.45, 7) is 0. The molecule has 0 saturated heterocycles. The van der Waals surface area contributed by atoms with Crippen molar-refractivity contribution in [2.24, 2.45) is 0 Å². The van der Waals surface area contributed by atoms with Gasteiger partial charge in [0.05, 0.1) is 14.2 Å². The molecule has 0 bridgehead atoms. The van der Waals surface area contributed by atoms with Gasteiger partial charge < -0.3 is 9.47 Å². The quantitative estimate of drug-likeness (QED) is 0.778. The van der Waals surface area contributed by atoms with Crippen molar-refractivity contribution in [3.05, 3.63) is 58.1 Å². The fourth-order valence-corrected chi connectivity index (χ4v) is 2.18. The molecule has 0 fully saturated rings. The highest BCUT2D eigenvalue weighted by molar-refractivity contribution is 9.10. The van der Waals surface area contributed by atoms with Crippen LogP contribution in [0.3, 0.4) is 0 Å². The lowest BCUT2D eigenvalue weighted by Gasteiger charge is -2.09. The zero-order chi connectivity index (χ0) is 14.5. The highest BCUT2D eigenvalue weighted by Crippen LogP contribution is 2.28. The summed E-state index contributed by atoms with van der Waals surface area (Å²) in [6, 6.07) is 12.9. The highest BCUT2D eigenvalue weighted by Gasteiger charge is 2.10. The van der Waals surface area contributed by atoms with Crippen LogP contribution in [0.4, 0.5) is 0 Å². The van der Waals surface area contributed by atoms with Gasteiger partial charge in [0.1, 0.15) is 0 Å². The van der Waals surface area contributed by atoms with Crippen molar-refractivity contribution < 1.29 is 14.3 Å². The van der Waals surface area contributed by atoms with Crippen LogP contribution < -0.4 is 9.47 Å². The number of Topliss-reactive ketones (excluding diaryl/α,β-unsaturated/α-hetero) is 1. The van der Waals surface area contributed by atoms with E-state index < -0.39 is 0 Å². The van der Waals surface area contributed by atoms with Crippen LogP contribution in [0, 0.1) is 0 Å². The van der Waals surface area contributed by atoms with Crippen LogP contribution in [0.25, 0.3) is 0 Å². The minimum absolute atomic E-state index is 0.0738. The first-order valence-electron chi connectivity index (χ1n) is 6.13. The molecule has 0 spiro atoms. The molecule has 0 unspecified atom stereocenters. The van der Waals surface area contributed by atoms with Crippen molar-refractivity contribution >= 4 is 21.7 Å². The van der Waals surface area contributed by atoms with E-state index in [1.165, 1.54) is 0 Å². The van der Waals surface area contributed by atoms with Gasteiger partial charge in [-0.15, -0.1) is 0 Å². The van der Waals surface area contributed by atoms with Crippen molar-refractivity contribution in [2.45, 2.75) is 6.42 Å². The molecule has 0 aliphatic heterocycles. The van der Waals surface area contributed by atoms with Gasteiger partial charge in [-0.05, 0) is 29.8 Å². The summed E-state index contributed by atoms with van der Waals surface area (Å²) in [6.07, 6.45) is 0.335. The lowest BCUT2D eigenvalue weighted by molar-refractivity contribution is 0.0993. The van der Waals surface area contributed by atoms with Crippen LogP contribution in [0.2, 0.25) is 0 Å². The third-order valence-corrected chi connectivity index (χ3v) is 3.51. The Hall–Kier alpha value is -1.81. The first kappa shape index (κ1) is 14.6. The summed E-state index contributed by atoms with van der Waals surface area (Å²) < 4.78 is 11.4. The Kier molecular flexibility index (Phi) is 4.79. The molecular weight excluding hydrogens is 320 g/mol. The molecule has 0 aromatic heterocycles. The molecule has 0 heterocycles. The van der Waals surface area contributed by atoms with Crippen molar-refractivity contribution in [3.8, 4) is 11.5 Å². The summed E-state index contributed by atoms with van der Waals surface area (Å²) in [7, 11) is 3.17. The molecule has 2 aromatic rings. The first-order valence-corrected chi connectivity index (χ1v) is 6.93. The molecular formula is C16H15BrO3. The number of benzene rings is 2. The van der Waals surface area contributed by atoms with Gasteiger partial charge in [-0.25, -0.2) is 0 Å². The fraction of sp³-hybridized carbons (Fsp3) is 0.188. The second-order valence-corrected chi connectivity index (χ2v) is 5.21. The fourth-order valence-electron chi connectivity index (χ4n) is 1.91. The second kappa shape index (κ2) is 6.57. The molecule has 0 atom stereocenters. The molecule has 104 valence electrons. The Labute approximate surface area is 126 Å². The molecule has 0 radical (unpaired) electrons. The third-order valence-electron chi connectivity index (χ3n) is 2.98. The number of hydrogen-bond donors (Lipinski definition) is 0. The van der Waals surface area contributed by atoms with Crippen molar-refractivity contribution in [1.29, 1.82) is 0 Å². The zero-order valence-electron chi connectivity index (χ0n) is 11.4. The van der Waals surface area contributed by atoms with Gasteiger partial charge in [0.25, 0.3) is 0 Å². The van der Waals surface area contributed by atoms with Gasteiger partial charge in [0.2, 0.25) is 0 Å². The van der Waals surface area contributed by atoms with E-state index in [1.54, 1.807) is 14.2 Å². The largest absolute Gasteiger partial charge is 0.493 e. The molecule has 0 aliphatic carbocycles. The number of ether oxygens (including phenoxy) is 2. The minimum atomic E-state index is 0.0738. The average molecular weight is 335 g/mol. The maximum Gasteiger partial charge on any atom is 0.167 e. The Bertz CT molecular complexity index is 606. The van der Waals surface area contributed by atoms with E-state index >= 15 is 0 Å². The molecule has 4 heteroatoms. The minimum Gasteiger partial charge on any atom is -0.493 e. The summed E-state index contributed by atoms with van der Waals surface area (Å²) in [5, 5.41) is 0. The van der Waals surface area contributed by atoms with E-state index in [4.69, 9.17) is 9.47 Å². The highest BCUT2D eigenvalue weighted by atomic mass is 79.9. The summed E-state index contributed by atoms with van der Waals surface area (Å²) in [5.74, 6) is 1.37. The third kappa shape index (κ3) is 3.39. The molecule has 3 nitrogen and oxygen atoms in total. The Morgan fingerprint density at radius 1 is 1.00 bits per heavy atom. The van der Waals surface area contributed by atoms with E-state index in [2.05, 4.69) is 15.9 Å². The standard InChI is InChI=1S/C16H15BrO3/c1-19-15-8-3-11(10-16(15)20-2)9-14(18)12-4-6-13(17)7-5-12/h3-8,10H,9H2,1-2H3. The topological polar surface area (TPSA) is 35.5 Å². The van der Waals surface area contributed by atoms with Crippen LogP contribution in [0.15, 0.2) is 46.9 Å². The van der Waals surface area contributed by atoms with Crippen LogP contribution in [-0.4, -0.2) is 20.0 Å². The number of methoxy groups -OCH3 is 2. The van der Waals surface area contributed by atoms with Crippen molar-refractivity contribution in [3.63, 3.8) is 0 Å². The normalized spacial score (nSPS) is 10.2. The van der Waals surface area contributed by atoms with Gasteiger partial charge in [-0.3, -0.25) is 4.79 Å². The van der Waals surface area contributed by atoms with Crippen molar-refractivity contribution in [2.75, 3.05) is 14.2 Å². The van der Waals surface area contributed by atoms with Gasteiger partial charge in [0, 0.05) is 16.5 Å². The van der Waals surface area contributed by atoms with Crippen LogP contribution >= 0.6 is 15.9 Å². The number of carbonyl (C=O) groups is 1. The monoisotopic (exact) mass is 334 g/mol. The molecule has 0 amide bonds. The Morgan fingerprint density at radius 3 is 2.25 bits per heavy atom. The predicted molar refractivity (Wildman–Crippen MR) is 81.7 cm³/mol. The van der Waals surface area contributed by atoms with Crippen LogP contribution in [-0.2, 0) is 6.42 Å². The first-order chi connectivity index (χ1) is 9.63. The molecule has 0 aliphatic rings. The van der Waals surface area contributed by atoms with Gasteiger partial charge >= 0.3 is 0 Å². The van der Waals surface area contributed by atoms with Crippen LogP contribution in [0.5, 0.6) is 11.5 Å². The van der Waals surface area contributed by atoms with Gasteiger partial charge in [0.15, 0.2) is 17.3 Å². The molecule has 2 rings (SSSR count). The van der Waals surface area contributed by atoms with E-state index in [1.807, 2.05) is 42.5 Å². The number of carbonyl (C=O) groups excluding carboxylic acids is 1. The summed E-state index contributed by atoms with van der Waals surface area (Å²) in [4.78, 5) is 12.2. The second-order valence-electron chi connectivity index (χ2n) is 4.30. The van der Waals surface area contributed by atoms with Gasteiger partial charge in [-0.1, -0.05) is 34.1 Å². The SMILES string of the molecule is COc1ccc(CC(=O)c2ccc(Br)cc2)cc1OC. The predicted octanol–water partition coefficient (Wildman–Crippen LogP) is 3.89. The molecule has 0 saturated carbocycles. The smallest absolute Gasteiger partial charge is 0.167 e. The number of halogens is 1. The summed E-state index contributed by atoms with van der Waals surface area (Å²) >= 11 is 3.35. The molecule has 2 aromatic carbocycles. The van der Waals surface area contributed by atoms with Gasteiger partial charge in [-0.2, -0.15) is 0 Å². The maximum atomic E-state index is 12.2. The van der Waals surface area contributed by atoms with E-state index in [0.717, 1.165) is 10.0 Å². The number of ketones is 1. The Balaban J connectivity index is 2.17. The van der Waals surface area contributed by atoms with E-state index in [0.29, 0.717) is 23.5 Å². The average Bonchev–Trinajstić information content (AvgIpc) is 2.47. The lowest BCUT2D eigenvalue weighted by Crippen LogP contribution is -2.03. The number of hydrogen-bond acceptors (Lipinski definition) is 3. The van der Waals surface area contributed by atoms with E-state index in [9.17, 15) is 4.79 Å². The van der Waals surface area contributed by atoms with E-state index in [-0.39, 0.29) is 5.78 Å². The lowest BCUT2D eigenvalue weighted by atomic mass is 10.0. The van der Waals surface area contributed by atoms with Crippen molar-refractivity contribution in [1.82, 2.24) is 0 Å². The zero-order valence-corrected chi connectivity index (χ0v) is 12.9. The molecule has 0 N–H and O–H groups in total.